The van der Waals surface area contributed by atoms with Crippen LogP contribution in [-0.4, -0.2) is 48.2 Å². The molecule has 39 heavy (non-hydrogen) atoms. The Morgan fingerprint density at radius 3 is 2.08 bits per heavy atom. The van der Waals surface area contributed by atoms with Crippen molar-refractivity contribution in [1.29, 1.82) is 0 Å². The molecule has 4 atom stereocenters. The zero-order valence-electron chi connectivity index (χ0n) is 22.9. The Hall–Kier alpha value is -3.71. The van der Waals surface area contributed by atoms with E-state index in [1.165, 1.54) is 0 Å². The van der Waals surface area contributed by atoms with Gasteiger partial charge >= 0.3 is 5.97 Å². The van der Waals surface area contributed by atoms with Crippen LogP contribution < -0.4 is 10.6 Å². The highest BCUT2D eigenvalue weighted by atomic mass is 16.5. The second-order valence-electron chi connectivity index (χ2n) is 9.85. The SMILES string of the molecule is C=CCCC(Cc1ccccc1)C(=O)OCC(C)NC(=O)C(CC=C)CC(=O)NC(CO)Cc1ccccc1. The molecule has 2 aromatic carbocycles. The number of aliphatic hydroxyl groups excluding tert-OH is 1. The van der Waals surface area contributed by atoms with Gasteiger partial charge in [-0.15, -0.1) is 13.2 Å². The molecule has 2 aromatic rings. The van der Waals surface area contributed by atoms with Gasteiger partial charge in [-0.3, -0.25) is 14.4 Å². The van der Waals surface area contributed by atoms with Crippen molar-refractivity contribution >= 4 is 17.8 Å². The average molecular weight is 535 g/mol. The van der Waals surface area contributed by atoms with Crippen molar-refractivity contribution in [2.75, 3.05) is 13.2 Å². The Morgan fingerprint density at radius 1 is 0.897 bits per heavy atom. The van der Waals surface area contributed by atoms with E-state index in [1.807, 2.05) is 60.7 Å². The molecule has 0 aromatic heterocycles. The van der Waals surface area contributed by atoms with Crippen molar-refractivity contribution in [2.24, 2.45) is 11.8 Å². The maximum atomic E-state index is 12.9. The van der Waals surface area contributed by atoms with Gasteiger partial charge in [-0.1, -0.05) is 72.8 Å². The predicted octanol–water partition coefficient (Wildman–Crippen LogP) is 4.16. The zero-order chi connectivity index (χ0) is 28.5. The van der Waals surface area contributed by atoms with E-state index in [2.05, 4.69) is 23.8 Å². The topological polar surface area (TPSA) is 105 Å². The molecule has 0 fully saturated rings. The molecule has 210 valence electrons. The van der Waals surface area contributed by atoms with Crippen LogP contribution in [0.1, 0.15) is 43.7 Å². The Kier molecular flexibility index (Phi) is 14.3. The number of hydrogen-bond donors (Lipinski definition) is 3. The highest BCUT2D eigenvalue weighted by Crippen LogP contribution is 2.17. The molecular formula is C32H42N2O5. The number of esters is 1. The summed E-state index contributed by atoms with van der Waals surface area (Å²) in [6.45, 7) is 9.04. The number of benzene rings is 2. The molecule has 0 saturated carbocycles. The Labute approximate surface area is 232 Å². The number of hydrogen-bond acceptors (Lipinski definition) is 5. The van der Waals surface area contributed by atoms with Crippen LogP contribution >= 0.6 is 0 Å². The number of carbonyl (C=O) groups is 3. The van der Waals surface area contributed by atoms with Gasteiger partial charge in [-0.2, -0.15) is 0 Å². The van der Waals surface area contributed by atoms with E-state index in [0.29, 0.717) is 32.1 Å². The average Bonchev–Trinajstić information content (AvgIpc) is 2.94. The monoisotopic (exact) mass is 534 g/mol. The lowest BCUT2D eigenvalue weighted by Crippen LogP contribution is -2.44. The summed E-state index contributed by atoms with van der Waals surface area (Å²) in [5, 5.41) is 15.4. The second kappa shape index (κ2) is 17.7. The van der Waals surface area contributed by atoms with Crippen molar-refractivity contribution in [3.63, 3.8) is 0 Å². The number of aliphatic hydroxyl groups is 1. The molecule has 2 amide bonds. The van der Waals surface area contributed by atoms with Crippen molar-refractivity contribution < 1.29 is 24.2 Å². The van der Waals surface area contributed by atoms with Gasteiger partial charge in [0.15, 0.2) is 0 Å². The first-order valence-electron chi connectivity index (χ1n) is 13.5. The van der Waals surface area contributed by atoms with Crippen molar-refractivity contribution in [3.8, 4) is 0 Å². The molecule has 7 nitrogen and oxygen atoms in total. The van der Waals surface area contributed by atoms with E-state index in [9.17, 15) is 19.5 Å². The van der Waals surface area contributed by atoms with Gasteiger partial charge in [0, 0.05) is 6.42 Å². The minimum atomic E-state index is -0.629. The summed E-state index contributed by atoms with van der Waals surface area (Å²) in [5.74, 6) is -1.88. The first-order valence-corrected chi connectivity index (χ1v) is 13.5. The summed E-state index contributed by atoms with van der Waals surface area (Å²) < 4.78 is 5.57. The van der Waals surface area contributed by atoms with Gasteiger partial charge in [0.1, 0.15) is 6.61 Å². The minimum absolute atomic E-state index is 0.0284. The highest BCUT2D eigenvalue weighted by Gasteiger charge is 2.25. The number of nitrogens with one attached hydrogen (secondary N) is 2. The number of amides is 2. The summed E-state index contributed by atoms with van der Waals surface area (Å²) in [6, 6.07) is 18.5. The summed E-state index contributed by atoms with van der Waals surface area (Å²) in [6.07, 6.45) is 6.05. The van der Waals surface area contributed by atoms with Crippen LogP contribution in [0.5, 0.6) is 0 Å². The first-order chi connectivity index (χ1) is 18.9. The standard InChI is InChI=1S/C32H42N2O5/c1-4-6-18-28(19-25-14-9-7-10-15-25)32(38)39-23-24(3)33-31(37)27(13-5-2)21-30(36)34-29(22-35)20-26-16-11-8-12-17-26/h4-5,7-12,14-17,24,27-29,35H,1-2,6,13,18-23H2,3H3,(H,33,37)(H,34,36). The molecule has 0 spiro atoms. The van der Waals surface area contributed by atoms with Gasteiger partial charge < -0.3 is 20.5 Å². The van der Waals surface area contributed by atoms with Gasteiger partial charge in [0.05, 0.1) is 30.5 Å². The van der Waals surface area contributed by atoms with Gasteiger partial charge in [0.25, 0.3) is 0 Å². The predicted molar refractivity (Wildman–Crippen MR) is 154 cm³/mol. The fourth-order valence-corrected chi connectivity index (χ4v) is 4.30. The summed E-state index contributed by atoms with van der Waals surface area (Å²) in [5.41, 5.74) is 2.05. The summed E-state index contributed by atoms with van der Waals surface area (Å²) in [4.78, 5) is 38.5. The van der Waals surface area contributed by atoms with Crippen LogP contribution in [0.3, 0.4) is 0 Å². The summed E-state index contributed by atoms with van der Waals surface area (Å²) >= 11 is 0. The fraction of sp³-hybridized carbons (Fsp3) is 0.406. The minimum Gasteiger partial charge on any atom is -0.463 e. The number of rotatable bonds is 18. The molecule has 3 N–H and O–H groups in total. The van der Waals surface area contributed by atoms with Gasteiger partial charge in [0.2, 0.25) is 11.8 Å². The molecule has 0 heterocycles. The zero-order valence-corrected chi connectivity index (χ0v) is 22.9. The van der Waals surface area contributed by atoms with E-state index in [0.717, 1.165) is 11.1 Å². The lowest BCUT2D eigenvalue weighted by atomic mass is 9.95. The third-order valence-corrected chi connectivity index (χ3v) is 6.41. The molecule has 0 saturated heterocycles. The fourth-order valence-electron chi connectivity index (χ4n) is 4.30. The Bertz CT molecular complexity index is 1040. The Balaban J connectivity index is 1.87. The van der Waals surface area contributed by atoms with Gasteiger partial charge in [-0.05, 0) is 50.2 Å². The smallest absolute Gasteiger partial charge is 0.309 e. The maximum Gasteiger partial charge on any atom is 0.309 e. The van der Waals surface area contributed by atoms with Crippen molar-refractivity contribution in [3.05, 3.63) is 97.1 Å². The molecule has 4 unspecified atom stereocenters. The van der Waals surface area contributed by atoms with Crippen LogP contribution in [0.4, 0.5) is 0 Å². The third-order valence-electron chi connectivity index (χ3n) is 6.41. The third kappa shape index (κ3) is 12.1. The van der Waals surface area contributed by atoms with Crippen LogP contribution in [0.2, 0.25) is 0 Å². The number of ether oxygens (including phenoxy) is 1. The van der Waals surface area contributed by atoms with E-state index in [4.69, 9.17) is 4.74 Å². The van der Waals surface area contributed by atoms with Gasteiger partial charge in [-0.25, -0.2) is 0 Å². The maximum absolute atomic E-state index is 12.9. The molecular weight excluding hydrogens is 492 g/mol. The molecule has 7 heteroatoms. The summed E-state index contributed by atoms with van der Waals surface area (Å²) in [7, 11) is 0. The normalized spacial score (nSPS) is 13.8. The van der Waals surface area contributed by atoms with Crippen LogP contribution in [-0.2, 0) is 32.0 Å². The lowest BCUT2D eigenvalue weighted by Gasteiger charge is -2.22. The quantitative estimate of drug-likeness (QED) is 0.197. The van der Waals surface area contributed by atoms with Crippen LogP contribution in [0, 0.1) is 11.8 Å². The van der Waals surface area contributed by atoms with Crippen LogP contribution in [0.25, 0.3) is 0 Å². The van der Waals surface area contributed by atoms with Crippen molar-refractivity contribution in [1.82, 2.24) is 10.6 Å². The van der Waals surface area contributed by atoms with E-state index in [-0.39, 0.29) is 43.3 Å². The van der Waals surface area contributed by atoms with Crippen LogP contribution in [0.15, 0.2) is 86.0 Å². The van der Waals surface area contributed by atoms with Crippen molar-refractivity contribution in [2.45, 2.75) is 57.5 Å². The lowest BCUT2D eigenvalue weighted by molar-refractivity contribution is -0.150. The molecule has 0 aliphatic rings. The molecule has 0 aliphatic carbocycles. The second-order valence-corrected chi connectivity index (χ2v) is 9.85. The van der Waals surface area contributed by atoms with E-state index >= 15 is 0 Å². The molecule has 0 bridgehead atoms. The van der Waals surface area contributed by atoms with E-state index < -0.39 is 18.0 Å². The van der Waals surface area contributed by atoms with E-state index in [1.54, 1.807) is 19.1 Å². The first kappa shape index (κ1) is 31.5. The molecule has 0 radical (unpaired) electrons. The highest BCUT2D eigenvalue weighted by molar-refractivity contribution is 5.86. The largest absolute Gasteiger partial charge is 0.463 e. The molecule has 0 aliphatic heterocycles. The number of allylic oxidation sites excluding steroid dienone is 2. The Morgan fingerprint density at radius 2 is 1.51 bits per heavy atom. The number of carbonyl (C=O) groups excluding carboxylic acids is 3. The molecule has 2 rings (SSSR count).